The van der Waals surface area contributed by atoms with E-state index in [1.165, 1.54) is 0 Å². The first kappa shape index (κ1) is 11.5. The van der Waals surface area contributed by atoms with Crippen LogP contribution in [-0.2, 0) is 9.53 Å². The number of likely N-dealkylation sites (tertiary alicyclic amines) is 1. The fourth-order valence-electron chi connectivity index (χ4n) is 1.94. The highest BCUT2D eigenvalue weighted by Crippen LogP contribution is 2.26. The summed E-state index contributed by atoms with van der Waals surface area (Å²) in [5.74, 6) is -0.811. The second kappa shape index (κ2) is 4.75. The van der Waals surface area contributed by atoms with Crippen LogP contribution in [-0.4, -0.2) is 48.3 Å². The van der Waals surface area contributed by atoms with E-state index in [9.17, 15) is 9.90 Å². The van der Waals surface area contributed by atoms with E-state index < -0.39 is 11.6 Å². The van der Waals surface area contributed by atoms with Gasteiger partial charge in [-0.05, 0) is 39.8 Å². The molecule has 0 aromatic heterocycles. The van der Waals surface area contributed by atoms with Crippen LogP contribution < -0.4 is 0 Å². The summed E-state index contributed by atoms with van der Waals surface area (Å²) in [4.78, 5) is 13.3. The normalized spacial score (nSPS) is 29.9. The quantitative estimate of drug-likeness (QED) is 0.739. The molecule has 1 rings (SSSR count). The van der Waals surface area contributed by atoms with Crippen LogP contribution in [0.4, 0.5) is 0 Å². The van der Waals surface area contributed by atoms with E-state index in [1.807, 2.05) is 14.0 Å². The maximum atomic E-state index is 11.2. The molecule has 4 heteroatoms. The first-order chi connectivity index (χ1) is 6.60. The lowest BCUT2D eigenvalue weighted by molar-refractivity contribution is -0.167. The minimum atomic E-state index is -0.931. The molecule has 1 fully saturated rings. The van der Waals surface area contributed by atoms with Crippen LogP contribution in [0.2, 0.25) is 0 Å². The summed E-state index contributed by atoms with van der Waals surface area (Å²) in [6.45, 7) is 4.07. The van der Waals surface area contributed by atoms with Crippen LogP contribution in [0.15, 0.2) is 0 Å². The van der Waals surface area contributed by atoms with Gasteiger partial charge in [0.25, 0.3) is 0 Å². The summed E-state index contributed by atoms with van der Waals surface area (Å²) in [5.41, 5.74) is -0.931. The standard InChI is InChI=1S/C10H19NO3/c1-3-14-10(9(12)13)5-4-7-11(2)8-6-10/h3-8H2,1-2H3,(H,12,13). The summed E-state index contributed by atoms with van der Waals surface area (Å²) in [6, 6.07) is 0. The number of hydrogen-bond acceptors (Lipinski definition) is 3. The van der Waals surface area contributed by atoms with Gasteiger partial charge in [-0.3, -0.25) is 0 Å². The molecule has 14 heavy (non-hydrogen) atoms. The number of carbonyl (C=O) groups is 1. The molecule has 1 aliphatic heterocycles. The van der Waals surface area contributed by atoms with Crippen LogP contribution in [0.25, 0.3) is 0 Å². The number of carboxylic acid groups (broad SMARTS) is 1. The number of hydrogen-bond donors (Lipinski definition) is 1. The van der Waals surface area contributed by atoms with Gasteiger partial charge in [0.15, 0.2) is 5.60 Å². The summed E-state index contributed by atoms with van der Waals surface area (Å²) >= 11 is 0. The third-order valence-corrected chi connectivity index (χ3v) is 2.83. The van der Waals surface area contributed by atoms with Crippen LogP contribution in [0.1, 0.15) is 26.2 Å². The molecule has 0 aromatic carbocycles. The predicted octanol–water partition coefficient (Wildman–Crippen LogP) is 0.962. The van der Waals surface area contributed by atoms with Gasteiger partial charge in [-0.15, -0.1) is 0 Å². The monoisotopic (exact) mass is 201 g/mol. The molecule has 1 aliphatic rings. The van der Waals surface area contributed by atoms with Crippen molar-refractivity contribution in [3.8, 4) is 0 Å². The zero-order valence-corrected chi connectivity index (χ0v) is 8.95. The summed E-state index contributed by atoms with van der Waals surface area (Å²) in [5, 5.41) is 9.19. The van der Waals surface area contributed by atoms with E-state index in [1.54, 1.807) is 0 Å². The molecule has 1 saturated heterocycles. The zero-order valence-electron chi connectivity index (χ0n) is 8.95. The van der Waals surface area contributed by atoms with Gasteiger partial charge in [-0.25, -0.2) is 4.79 Å². The maximum Gasteiger partial charge on any atom is 0.336 e. The molecule has 0 radical (unpaired) electrons. The fourth-order valence-corrected chi connectivity index (χ4v) is 1.94. The van der Waals surface area contributed by atoms with Gasteiger partial charge in [-0.1, -0.05) is 0 Å². The van der Waals surface area contributed by atoms with Crippen molar-refractivity contribution in [1.82, 2.24) is 4.90 Å². The van der Waals surface area contributed by atoms with Crippen LogP contribution in [0, 0.1) is 0 Å². The SMILES string of the molecule is CCOC1(C(=O)O)CCCN(C)CC1. The minimum absolute atomic E-state index is 0.468. The van der Waals surface area contributed by atoms with Gasteiger partial charge in [-0.2, -0.15) is 0 Å². The summed E-state index contributed by atoms with van der Waals surface area (Å²) in [7, 11) is 2.02. The van der Waals surface area contributed by atoms with Gasteiger partial charge in [0.2, 0.25) is 0 Å². The summed E-state index contributed by atoms with van der Waals surface area (Å²) in [6.07, 6.45) is 2.11. The highest BCUT2D eigenvalue weighted by Gasteiger charge is 2.40. The maximum absolute atomic E-state index is 11.2. The lowest BCUT2D eigenvalue weighted by atomic mass is 9.95. The Kier molecular flexibility index (Phi) is 3.89. The van der Waals surface area contributed by atoms with Gasteiger partial charge in [0.05, 0.1) is 0 Å². The van der Waals surface area contributed by atoms with Crippen LogP contribution >= 0.6 is 0 Å². The van der Waals surface area contributed by atoms with Crippen molar-refractivity contribution < 1.29 is 14.6 Å². The Morgan fingerprint density at radius 3 is 2.79 bits per heavy atom. The minimum Gasteiger partial charge on any atom is -0.479 e. The van der Waals surface area contributed by atoms with Crippen molar-refractivity contribution in [1.29, 1.82) is 0 Å². The molecule has 0 saturated carbocycles. The average molecular weight is 201 g/mol. The van der Waals surface area contributed by atoms with Crippen molar-refractivity contribution in [2.45, 2.75) is 31.8 Å². The molecule has 0 aromatic rings. The second-order valence-corrected chi connectivity index (χ2v) is 3.89. The van der Waals surface area contributed by atoms with Crippen molar-refractivity contribution in [2.75, 3.05) is 26.7 Å². The van der Waals surface area contributed by atoms with Gasteiger partial charge in [0, 0.05) is 13.2 Å². The van der Waals surface area contributed by atoms with E-state index in [2.05, 4.69) is 4.90 Å². The van der Waals surface area contributed by atoms with Crippen molar-refractivity contribution in [3.05, 3.63) is 0 Å². The average Bonchev–Trinajstić information content (AvgIpc) is 2.30. The number of aliphatic carboxylic acids is 1. The largest absolute Gasteiger partial charge is 0.479 e. The molecule has 82 valence electrons. The van der Waals surface area contributed by atoms with Gasteiger partial charge >= 0.3 is 5.97 Å². The highest BCUT2D eigenvalue weighted by atomic mass is 16.5. The van der Waals surface area contributed by atoms with E-state index >= 15 is 0 Å². The van der Waals surface area contributed by atoms with E-state index in [0.717, 1.165) is 19.5 Å². The molecule has 4 nitrogen and oxygen atoms in total. The third-order valence-electron chi connectivity index (χ3n) is 2.83. The Labute approximate surface area is 84.8 Å². The fraction of sp³-hybridized carbons (Fsp3) is 0.900. The molecule has 0 spiro atoms. The molecule has 1 atom stereocenters. The van der Waals surface area contributed by atoms with Crippen molar-refractivity contribution >= 4 is 5.97 Å². The smallest absolute Gasteiger partial charge is 0.336 e. The number of rotatable bonds is 3. The first-order valence-electron chi connectivity index (χ1n) is 5.16. The molecule has 0 amide bonds. The van der Waals surface area contributed by atoms with Crippen molar-refractivity contribution in [3.63, 3.8) is 0 Å². The Bertz CT molecular complexity index is 208. The molecule has 0 bridgehead atoms. The van der Waals surface area contributed by atoms with E-state index in [4.69, 9.17) is 4.74 Å². The molecule has 0 aliphatic carbocycles. The first-order valence-corrected chi connectivity index (χ1v) is 5.16. The van der Waals surface area contributed by atoms with Crippen LogP contribution in [0.3, 0.4) is 0 Å². The molecular formula is C10H19NO3. The third kappa shape index (κ3) is 2.45. The lowest BCUT2D eigenvalue weighted by Gasteiger charge is -2.27. The number of nitrogens with zero attached hydrogens (tertiary/aromatic N) is 1. The van der Waals surface area contributed by atoms with E-state index in [-0.39, 0.29) is 0 Å². The zero-order chi connectivity index (χ0) is 10.6. The predicted molar refractivity (Wildman–Crippen MR) is 53.3 cm³/mol. The molecule has 1 heterocycles. The lowest BCUT2D eigenvalue weighted by Crippen LogP contribution is -2.42. The summed E-state index contributed by atoms with van der Waals surface area (Å²) < 4.78 is 5.43. The van der Waals surface area contributed by atoms with Crippen LogP contribution in [0.5, 0.6) is 0 Å². The van der Waals surface area contributed by atoms with E-state index in [0.29, 0.717) is 19.4 Å². The van der Waals surface area contributed by atoms with Gasteiger partial charge in [0.1, 0.15) is 0 Å². The Morgan fingerprint density at radius 2 is 2.21 bits per heavy atom. The molecule has 1 unspecified atom stereocenters. The number of carboxylic acids is 1. The molecule has 1 N–H and O–H groups in total. The molecular weight excluding hydrogens is 182 g/mol. The Balaban J connectivity index is 2.70. The van der Waals surface area contributed by atoms with Crippen molar-refractivity contribution in [2.24, 2.45) is 0 Å². The second-order valence-electron chi connectivity index (χ2n) is 3.89. The van der Waals surface area contributed by atoms with Gasteiger partial charge < -0.3 is 14.7 Å². The number of ether oxygens (including phenoxy) is 1. The Hall–Kier alpha value is -0.610. The Morgan fingerprint density at radius 1 is 1.50 bits per heavy atom. The highest BCUT2D eigenvalue weighted by molar-refractivity contribution is 5.77. The topological polar surface area (TPSA) is 49.8 Å².